The van der Waals surface area contributed by atoms with Crippen molar-refractivity contribution in [1.82, 2.24) is 4.98 Å². The van der Waals surface area contributed by atoms with Crippen LogP contribution in [0.5, 0.6) is 0 Å². The molecule has 162 valence electrons. The van der Waals surface area contributed by atoms with Gasteiger partial charge in [-0.1, -0.05) is 60.7 Å². The van der Waals surface area contributed by atoms with Crippen LogP contribution in [0, 0.1) is 6.92 Å². The van der Waals surface area contributed by atoms with Crippen molar-refractivity contribution in [2.24, 2.45) is 0 Å². The first-order chi connectivity index (χ1) is 16.2. The van der Waals surface area contributed by atoms with E-state index >= 15 is 0 Å². The van der Waals surface area contributed by atoms with Crippen LogP contribution in [0.3, 0.4) is 0 Å². The summed E-state index contributed by atoms with van der Waals surface area (Å²) in [5, 5.41) is 21.4. The molecule has 0 fully saturated rings. The van der Waals surface area contributed by atoms with Gasteiger partial charge in [-0.05, 0) is 82.1 Å². The molecule has 0 aliphatic rings. The standard InChI is InChI=1S/C30H25NO2/c1-20-29-16-28(19-33)27(18-32)15-25(29)17-30(31-20)26-13-23(21-8-4-2-5-9-21)12-24(14-26)22-10-6-3-7-11-22/h2-17,32-33H,18-19H2,1H3. The van der Waals surface area contributed by atoms with Gasteiger partial charge in [-0.2, -0.15) is 0 Å². The predicted molar refractivity (Wildman–Crippen MR) is 135 cm³/mol. The van der Waals surface area contributed by atoms with E-state index in [-0.39, 0.29) is 13.2 Å². The summed E-state index contributed by atoms with van der Waals surface area (Å²) in [5.74, 6) is 0. The molecule has 1 aromatic heterocycles. The normalized spacial score (nSPS) is 11.1. The van der Waals surface area contributed by atoms with Crippen LogP contribution >= 0.6 is 0 Å². The van der Waals surface area contributed by atoms with E-state index in [0.717, 1.165) is 61.1 Å². The second kappa shape index (κ2) is 8.99. The number of pyridine rings is 1. The summed E-state index contributed by atoms with van der Waals surface area (Å²) >= 11 is 0. The Balaban J connectivity index is 1.72. The first-order valence-corrected chi connectivity index (χ1v) is 11.1. The van der Waals surface area contributed by atoms with E-state index in [1.165, 1.54) is 0 Å². The fourth-order valence-electron chi connectivity index (χ4n) is 4.37. The van der Waals surface area contributed by atoms with Gasteiger partial charge < -0.3 is 10.2 Å². The highest BCUT2D eigenvalue weighted by Gasteiger charge is 2.12. The average Bonchev–Trinajstić information content (AvgIpc) is 2.88. The highest BCUT2D eigenvalue weighted by molar-refractivity contribution is 5.90. The largest absolute Gasteiger partial charge is 0.392 e. The highest BCUT2D eigenvalue weighted by Crippen LogP contribution is 2.34. The lowest BCUT2D eigenvalue weighted by molar-refractivity contribution is 0.260. The fourth-order valence-corrected chi connectivity index (χ4v) is 4.37. The monoisotopic (exact) mass is 431 g/mol. The Kier molecular flexibility index (Phi) is 5.74. The van der Waals surface area contributed by atoms with Crippen LogP contribution in [0.1, 0.15) is 16.8 Å². The number of aromatic nitrogens is 1. The van der Waals surface area contributed by atoms with Gasteiger partial charge in [0.1, 0.15) is 0 Å². The molecule has 4 aromatic carbocycles. The van der Waals surface area contributed by atoms with E-state index in [9.17, 15) is 10.2 Å². The van der Waals surface area contributed by atoms with Crippen molar-refractivity contribution in [3.05, 3.63) is 114 Å². The second-order valence-corrected chi connectivity index (χ2v) is 8.28. The van der Waals surface area contributed by atoms with Gasteiger partial charge in [0.25, 0.3) is 0 Å². The molecule has 0 aliphatic carbocycles. The van der Waals surface area contributed by atoms with Crippen LogP contribution in [0.25, 0.3) is 44.3 Å². The number of rotatable bonds is 5. The van der Waals surface area contributed by atoms with Crippen molar-refractivity contribution < 1.29 is 10.2 Å². The molecule has 0 atom stereocenters. The Morgan fingerprint density at radius 3 is 1.64 bits per heavy atom. The van der Waals surface area contributed by atoms with Gasteiger partial charge in [0.2, 0.25) is 0 Å². The maximum absolute atomic E-state index is 9.76. The third kappa shape index (κ3) is 4.17. The Hall–Kier alpha value is -3.79. The number of nitrogens with zero attached hydrogens (tertiary/aromatic N) is 1. The molecular weight excluding hydrogens is 406 g/mol. The average molecular weight is 432 g/mol. The molecule has 0 bridgehead atoms. The molecular formula is C30H25NO2. The topological polar surface area (TPSA) is 53.4 Å². The van der Waals surface area contributed by atoms with E-state index in [0.29, 0.717) is 0 Å². The Labute approximate surface area is 193 Å². The molecule has 0 saturated carbocycles. The van der Waals surface area contributed by atoms with Gasteiger partial charge in [0, 0.05) is 16.6 Å². The van der Waals surface area contributed by atoms with Gasteiger partial charge in [-0.25, -0.2) is 0 Å². The number of fused-ring (bicyclic) bond motifs is 1. The van der Waals surface area contributed by atoms with Crippen LogP contribution < -0.4 is 0 Å². The van der Waals surface area contributed by atoms with Crippen molar-refractivity contribution in [2.45, 2.75) is 20.1 Å². The Morgan fingerprint density at radius 1 is 0.576 bits per heavy atom. The van der Waals surface area contributed by atoms with Crippen LogP contribution in [0.4, 0.5) is 0 Å². The van der Waals surface area contributed by atoms with Crippen LogP contribution in [0.15, 0.2) is 97.1 Å². The number of hydrogen-bond acceptors (Lipinski definition) is 3. The molecule has 5 rings (SSSR count). The van der Waals surface area contributed by atoms with Crippen molar-refractivity contribution in [2.75, 3.05) is 0 Å². The summed E-state index contributed by atoms with van der Waals surface area (Å²) in [6, 6.07) is 33.3. The lowest BCUT2D eigenvalue weighted by Gasteiger charge is -2.14. The Bertz CT molecular complexity index is 1370. The zero-order chi connectivity index (χ0) is 22.8. The molecule has 3 nitrogen and oxygen atoms in total. The Morgan fingerprint density at radius 2 is 1.09 bits per heavy atom. The van der Waals surface area contributed by atoms with Crippen molar-refractivity contribution >= 4 is 10.8 Å². The molecule has 0 saturated heterocycles. The summed E-state index contributed by atoms with van der Waals surface area (Å²) in [6.07, 6.45) is 0. The molecule has 5 aromatic rings. The van der Waals surface area contributed by atoms with Gasteiger partial charge >= 0.3 is 0 Å². The predicted octanol–water partition coefficient (Wildman–Crippen LogP) is 6.53. The lowest BCUT2D eigenvalue weighted by atomic mass is 9.94. The van der Waals surface area contributed by atoms with Crippen LogP contribution in [0.2, 0.25) is 0 Å². The van der Waals surface area contributed by atoms with Crippen LogP contribution in [-0.4, -0.2) is 15.2 Å². The molecule has 0 amide bonds. The van der Waals surface area contributed by atoms with Crippen molar-refractivity contribution in [3.8, 4) is 33.5 Å². The minimum Gasteiger partial charge on any atom is -0.392 e. The van der Waals surface area contributed by atoms with Crippen LogP contribution in [-0.2, 0) is 13.2 Å². The third-order valence-corrected chi connectivity index (χ3v) is 6.13. The van der Waals surface area contributed by atoms with E-state index in [1.54, 1.807) is 0 Å². The maximum Gasteiger partial charge on any atom is 0.0712 e. The number of hydrogen-bond donors (Lipinski definition) is 2. The van der Waals surface area contributed by atoms with Gasteiger partial charge in [0.15, 0.2) is 0 Å². The molecule has 1 heterocycles. The third-order valence-electron chi connectivity index (χ3n) is 6.13. The van der Waals surface area contributed by atoms with E-state index < -0.39 is 0 Å². The van der Waals surface area contributed by atoms with Gasteiger partial charge in [0.05, 0.1) is 18.9 Å². The zero-order valence-electron chi connectivity index (χ0n) is 18.5. The smallest absolute Gasteiger partial charge is 0.0712 e. The minimum atomic E-state index is -0.107. The number of benzene rings is 4. The van der Waals surface area contributed by atoms with Crippen molar-refractivity contribution in [1.29, 1.82) is 0 Å². The summed E-state index contributed by atoms with van der Waals surface area (Å²) in [7, 11) is 0. The molecule has 3 heteroatoms. The van der Waals surface area contributed by atoms with E-state index in [4.69, 9.17) is 4.98 Å². The van der Waals surface area contributed by atoms with Gasteiger partial charge in [-0.3, -0.25) is 4.98 Å². The quantitative estimate of drug-likeness (QED) is 0.333. The summed E-state index contributed by atoms with van der Waals surface area (Å²) in [5.41, 5.74) is 8.88. The molecule has 0 spiro atoms. The number of aryl methyl sites for hydroxylation is 1. The summed E-state index contributed by atoms with van der Waals surface area (Å²) < 4.78 is 0. The summed E-state index contributed by atoms with van der Waals surface area (Å²) in [6.45, 7) is 1.78. The molecule has 33 heavy (non-hydrogen) atoms. The number of aliphatic hydroxyl groups excluding tert-OH is 2. The highest BCUT2D eigenvalue weighted by atomic mass is 16.3. The first-order valence-electron chi connectivity index (χ1n) is 11.1. The number of aliphatic hydroxyl groups is 2. The molecule has 0 unspecified atom stereocenters. The van der Waals surface area contributed by atoms with E-state index in [2.05, 4.69) is 72.8 Å². The second-order valence-electron chi connectivity index (χ2n) is 8.28. The lowest BCUT2D eigenvalue weighted by Crippen LogP contribution is -1.97. The van der Waals surface area contributed by atoms with Gasteiger partial charge in [-0.15, -0.1) is 0 Å². The summed E-state index contributed by atoms with van der Waals surface area (Å²) in [4.78, 5) is 4.93. The SMILES string of the molecule is Cc1nc(-c2cc(-c3ccccc3)cc(-c3ccccc3)c2)cc2cc(CO)c(CO)cc12. The molecule has 0 aliphatic heterocycles. The molecule has 0 radical (unpaired) electrons. The van der Waals surface area contributed by atoms with Crippen molar-refractivity contribution in [3.63, 3.8) is 0 Å². The minimum absolute atomic E-state index is 0.105. The van der Waals surface area contributed by atoms with E-state index in [1.807, 2.05) is 31.2 Å². The zero-order valence-corrected chi connectivity index (χ0v) is 18.5. The fraction of sp³-hybridized carbons (Fsp3) is 0.100. The maximum atomic E-state index is 9.76. The first kappa shape index (κ1) is 21.1. The molecule has 2 N–H and O–H groups in total.